The van der Waals surface area contributed by atoms with Crippen molar-refractivity contribution in [2.24, 2.45) is 0 Å². The van der Waals surface area contributed by atoms with Gasteiger partial charge in [-0.2, -0.15) is 0 Å². The van der Waals surface area contributed by atoms with Gasteiger partial charge in [-0.05, 0) is 0 Å². The monoisotopic (exact) mass is 340 g/mol. The topological polar surface area (TPSA) is 0 Å². The molecule has 0 unspecified atom stereocenters. The molecule has 0 aromatic heterocycles. The van der Waals surface area contributed by atoms with Crippen molar-refractivity contribution in [2.75, 3.05) is 0 Å². The number of hydrogen-bond donors (Lipinski definition) is 0. The fourth-order valence-electron chi connectivity index (χ4n) is 1.07. The van der Waals surface area contributed by atoms with Crippen LogP contribution in [0.5, 0.6) is 0 Å². The maximum absolute atomic E-state index is 6.71. The predicted molar refractivity (Wildman–Crippen MR) is 74.6 cm³/mol. The Kier molecular flexibility index (Phi) is 7.59. The van der Waals surface area contributed by atoms with E-state index in [0.717, 1.165) is 38.5 Å². The van der Waals surface area contributed by atoms with E-state index < -0.39 is 10.3 Å². The minimum absolute atomic E-state index is 1.03. The van der Waals surface area contributed by atoms with Crippen LogP contribution in [0.15, 0.2) is 0 Å². The van der Waals surface area contributed by atoms with Gasteiger partial charge in [0.25, 0.3) is 0 Å². The molecule has 15 heavy (non-hydrogen) atoms. The Hall–Kier alpha value is 0.813. The van der Waals surface area contributed by atoms with E-state index in [9.17, 15) is 0 Å². The predicted octanol–water partition coefficient (Wildman–Crippen LogP) is 4.79. The molecule has 0 saturated heterocycles. The van der Waals surface area contributed by atoms with E-state index in [1.54, 1.807) is 0 Å². The molecule has 3 heteroatoms. The Bertz CT molecular complexity index is 324. The summed E-state index contributed by atoms with van der Waals surface area (Å²) in [6.07, 6.45) is 6.44. The summed E-state index contributed by atoms with van der Waals surface area (Å²) in [5.41, 5.74) is 0. The van der Waals surface area contributed by atoms with Crippen LogP contribution in [0.3, 0.4) is 0 Å². The van der Waals surface area contributed by atoms with Gasteiger partial charge in [0.2, 0.25) is 0 Å². The summed E-state index contributed by atoms with van der Waals surface area (Å²) in [6, 6.07) is 0. The second-order valence-corrected chi connectivity index (χ2v) is 17.9. The Morgan fingerprint density at radius 2 is 1.00 bits per heavy atom. The van der Waals surface area contributed by atoms with Gasteiger partial charge in [0.15, 0.2) is 0 Å². The third kappa shape index (κ3) is 6.87. The number of rotatable bonds is 6. The van der Waals surface area contributed by atoms with Crippen molar-refractivity contribution < 1.29 is 10.3 Å². The Morgan fingerprint density at radius 3 is 1.20 bits per heavy atom. The molecule has 0 aliphatic carbocycles. The molecule has 0 aromatic carbocycles. The van der Waals surface area contributed by atoms with Crippen molar-refractivity contribution >= 4 is 33.2 Å². The van der Waals surface area contributed by atoms with Crippen LogP contribution in [-0.4, -0.2) is 13.8 Å². The molecule has 0 atom stereocenters. The summed E-state index contributed by atoms with van der Waals surface area (Å²) in [5.74, 6) is 0. The second-order valence-electron chi connectivity index (χ2n) is 3.67. The van der Waals surface area contributed by atoms with Gasteiger partial charge in [-0.25, -0.2) is 0 Å². The molecule has 0 spiro atoms. The van der Waals surface area contributed by atoms with Crippen molar-refractivity contribution in [1.29, 1.82) is 0 Å². The number of unbranched alkanes of at least 4 members (excludes halogenated alkanes) is 3. The van der Waals surface area contributed by atoms with Gasteiger partial charge >= 0.3 is 103 Å². The standard InChI is InChI=1S/3C4H8.2ClH.Ru/c3*1-3-4-2;;;/h3*1H,3-4H2,2H3;2*1H;/q;;;;;+2/p-2. The Morgan fingerprint density at radius 1 is 0.733 bits per heavy atom. The molecule has 0 amide bonds. The SMILES string of the molecule is CCC[CH]=[Ru]([Cl])([Cl])(=[CH]CCC)=[CH]CCC. The minimum atomic E-state index is -3.26. The van der Waals surface area contributed by atoms with Crippen molar-refractivity contribution in [1.82, 2.24) is 0 Å². The van der Waals surface area contributed by atoms with E-state index >= 15 is 0 Å². The average Bonchev–Trinajstić information content (AvgIpc) is 2.22. The van der Waals surface area contributed by atoms with E-state index in [1.807, 2.05) is 0 Å². The van der Waals surface area contributed by atoms with E-state index in [1.165, 1.54) is 0 Å². The van der Waals surface area contributed by atoms with Crippen LogP contribution < -0.4 is 0 Å². The van der Waals surface area contributed by atoms with E-state index in [-0.39, 0.29) is 0 Å². The van der Waals surface area contributed by atoms with Gasteiger partial charge < -0.3 is 0 Å². The molecule has 0 radical (unpaired) electrons. The van der Waals surface area contributed by atoms with Crippen LogP contribution in [0.4, 0.5) is 0 Å². The van der Waals surface area contributed by atoms with Crippen molar-refractivity contribution in [3.8, 4) is 0 Å². The summed E-state index contributed by atoms with van der Waals surface area (Å²) < 4.78 is 6.60. The normalized spacial score (nSPS) is 14.1. The summed E-state index contributed by atoms with van der Waals surface area (Å²) >= 11 is 0. The van der Waals surface area contributed by atoms with Crippen LogP contribution in [0.2, 0.25) is 0 Å². The third-order valence-corrected chi connectivity index (χ3v) is 11.4. The quantitative estimate of drug-likeness (QED) is 0.610. The molecule has 0 saturated carbocycles. The van der Waals surface area contributed by atoms with Crippen molar-refractivity contribution in [3.63, 3.8) is 0 Å². The number of hydrogen-bond acceptors (Lipinski definition) is 0. The van der Waals surface area contributed by atoms with Crippen LogP contribution >= 0.6 is 19.4 Å². The van der Waals surface area contributed by atoms with Crippen molar-refractivity contribution in [2.45, 2.75) is 59.3 Å². The van der Waals surface area contributed by atoms with Gasteiger partial charge in [-0.1, -0.05) is 0 Å². The van der Waals surface area contributed by atoms with Gasteiger partial charge in [0.1, 0.15) is 0 Å². The zero-order chi connectivity index (χ0) is 11.8. The van der Waals surface area contributed by atoms with Gasteiger partial charge in [0.05, 0.1) is 0 Å². The first-order valence-corrected chi connectivity index (χ1v) is 13.2. The second kappa shape index (κ2) is 7.20. The van der Waals surface area contributed by atoms with Gasteiger partial charge in [-0.3, -0.25) is 0 Å². The molecule has 0 heterocycles. The van der Waals surface area contributed by atoms with Crippen LogP contribution in [0, 0.1) is 0 Å². The molecule has 94 valence electrons. The molecule has 0 fully saturated rings. The fraction of sp³-hybridized carbons (Fsp3) is 0.750. The summed E-state index contributed by atoms with van der Waals surface area (Å²) in [5, 5.41) is 0. The first-order chi connectivity index (χ1) is 6.96. The summed E-state index contributed by atoms with van der Waals surface area (Å²) in [6.45, 7) is 6.48. The van der Waals surface area contributed by atoms with Gasteiger partial charge in [-0.15, -0.1) is 0 Å². The first kappa shape index (κ1) is 15.8. The Balaban J connectivity index is 5.36. The maximum atomic E-state index is 6.71. The fourth-order valence-corrected chi connectivity index (χ4v) is 9.06. The molecule has 0 aromatic rings. The average molecular weight is 340 g/mol. The van der Waals surface area contributed by atoms with Crippen LogP contribution in [0.1, 0.15) is 59.3 Å². The first-order valence-electron chi connectivity index (χ1n) is 5.73. The zero-order valence-electron chi connectivity index (χ0n) is 10.1. The summed E-state index contributed by atoms with van der Waals surface area (Å²) in [4.78, 5) is 0. The van der Waals surface area contributed by atoms with E-state index in [4.69, 9.17) is 19.4 Å². The molecule has 0 nitrogen and oxygen atoms in total. The van der Waals surface area contributed by atoms with Gasteiger partial charge in [0, 0.05) is 0 Å². The van der Waals surface area contributed by atoms with Crippen molar-refractivity contribution in [3.05, 3.63) is 0 Å². The molecular formula is C12H24Cl2Ru. The van der Waals surface area contributed by atoms with E-state index in [0.29, 0.717) is 0 Å². The molecule has 0 rings (SSSR count). The molecular weight excluding hydrogens is 316 g/mol. The molecule has 0 N–H and O–H groups in total. The zero-order valence-corrected chi connectivity index (χ0v) is 13.3. The molecule has 0 bridgehead atoms. The van der Waals surface area contributed by atoms with Crippen LogP contribution in [0.25, 0.3) is 0 Å². The summed E-state index contributed by atoms with van der Waals surface area (Å²) in [7, 11) is 10.2. The van der Waals surface area contributed by atoms with Crippen LogP contribution in [-0.2, 0) is 10.3 Å². The molecule has 0 aliphatic rings. The third-order valence-electron chi connectivity index (χ3n) is 2.00. The molecule has 0 aliphatic heterocycles. The number of halogens is 2. The van der Waals surface area contributed by atoms with E-state index in [2.05, 4.69) is 34.6 Å². The Labute approximate surface area is 102 Å².